The Morgan fingerprint density at radius 2 is 2.14 bits per heavy atom. The van der Waals surface area contributed by atoms with Gasteiger partial charge < -0.3 is 10.8 Å². The Morgan fingerprint density at radius 3 is 2.50 bits per heavy atom. The van der Waals surface area contributed by atoms with Crippen LogP contribution in [0.5, 0.6) is 0 Å². The molecule has 0 amide bonds. The van der Waals surface area contributed by atoms with Gasteiger partial charge in [-0.15, -0.1) is 11.3 Å². The third-order valence-corrected chi connectivity index (χ3v) is 2.97. The standard InChI is InChI=1S/C7H9F3N2OS/c1-6(13,3-11)4-2-12-5(14-4)7(8,9)10/h2,13H,3,11H2,1H3. The largest absolute Gasteiger partial charge is 0.443 e. The zero-order chi connectivity index (χ0) is 11.0. The highest BCUT2D eigenvalue weighted by molar-refractivity contribution is 7.11. The van der Waals surface area contributed by atoms with Crippen molar-refractivity contribution in [3.05, 3.63) is 16.1 Å². The summed E-state index contributed by atoms with van der Waals surface area (Å²) in [5.74, 6) is 0. The van der Waals surface area contributed by atoms with Crippen LogP contribution in [-0.4, -0.2) is 16.6 Å². The van der Waals surface area contributed by atoms with Crippen molar-refractivity contribution in [1.82, 2.24) is 4.98 Å². The molecule has 1 heterocycles. The van der Waals surface area contributed by atoms with Crippen molar-refractivity contribution in [1.29, 1.82) is 0 Å². The fourth-order valence-electron chi connectivity index (χ4n) is 0.755. The summed E-state index contributed by atoms with van der Waals surface area (Å²) in [6, 6.07) is 0. The van der Waals surface area contributed by atoms with Gasteiger partial charge in [-0.05, 0) is 6.92 Å². The maximum Gasteiger partial charge on any atom is 0.443 e. The molecule has 0 bridgehead atoms. The molecule has 3 nitrogen and oxygen atoms in total. The van der Waals surface area contributed by atoms with E-state index in [1.807, 2.05) is 0 Å². The Balaban J connectivity index is 3.00. The van der Waals surface area contributed by atoms with Crippen molar-refractivity contribution in [3.8, 4) is 0 Å². The minimum atomic E-state index is -4.46. The molecule has 3 N–H and O–H groups in total. The fourth-order valence-corrected chi connectivity index (χ4v) is 1.59. The number of rotatable bonds is 2. The van der Waals surface area contributed by atoms with E-state index >= 15 is 0 Å². The lowest BCUT2D eigenvalue weighted by Crippen LogP contribution is -2.30. The van der Waals surface area contributed by atoms with Gasteiger partial charge in [0.25, 0.3) is 0 Å². The van der Waals surface area contributed by atoms with Gasteiger partial charge >= 0.3 is 6.18 Å². The first kappa shape index (κ1) is 11.4. The highest BCUT2D eigenvalue weighted by atomic mass is 32.1. The third-order valence-electron chi connectivity index (χ3n) is 1.68. The third kappa shape index (κ3) is 2.23. The predicted molar refractivity (Wildman–Crippen MR) is 45.7 cm³/mol. The summed E-state index contributed by atoms with van der Waals surface area (Å²) in [5.41, 5.74) is 3.76. The molecule has 0 aliphatic rings. The first-order valence-electron chi connectivity index (χ1n) is 3.73. The number of hydrogen-bond acceptors (Lipinski definition) is 4. The van der Waals surface area contributed by atoms with Gasteiger partial charge in [-0.3, -0.25) is 0 Å². The molecule has 1 aromatic heterocycles. The first-order chi connectivity index (χ1) is 6.27. The van der Waals surface area contributed by atoms with E-state index in [0.29, 0.717) is 11.3 Å². The van der Waals surface area contributed by atoms with Crippen molar-refractivity contribution in [2.45, 2.75) is 18.7 Å². The number of nitrogens with two attached hydrogens (primary N) is 1. The minimum Gasteiger partial charge on any atom is -0.383 e. The quantitative estimate of drug-likeness (QED) is 0.799. The van der Waals surface area contributed by atoms with Crippen molar-refractivity contribution in [3.63, 3.8) is 0 Å². The van der Waals surface area contributed by atoms with Crippen LogP contribution in [0.25, 0.3) is 0 Å². The minimum absolute atomic E-state index is 0.118. The second-order valence-corrected chi connectivity index (χ2v) is 4.04. The second-order valence-electron chi connectivity index (χ2n) is 3.01. The molecule has 0 fully saturated rings. The molecule has 0 spiro atoms. The van der Waals surface area contributed by atoms with E-state index in [9.17, 15) is 18.3 Å². The lowest BCUT2D eigenvalue weighted by atomic mass is 10.1. The Morgan fingerprint density at radius 1 is 1.57 bits per heavy atom. The topological polar surface area (TPSA) is 59.1 Å². The zero-order valence-corrected chi connectivity index (χ0v) is 8.11. The highest BCUT2D eigenvalue weighted by Crippen LogP contribution is 2.35. The van der Waals surface area contributed by atoms with E-state index in [-0.39, 0.29) is 11.4 Å². The molecule has 0 saturated heterocycles. The van der Waals surface area contributed by atoms with Crippen LogP contribution in [0.4, 0.5) is 13.2 Å². The van der Waals surface area contributed by atoms with Gasteiger partial charge in [-0.1, -0.05) is 0 Å². The van der Waals surface area contributed by atoms with E-state index < -0.39 is 16.8 Å². The van der Waals surface area contributed by atoms with Gasteiger partial charge in [0, 0.05) is 12.7 Å². The summed E-state index contributed by atoms with van der Waals surface area (Å²) >= 11 is 0.405. The van der Waals surface area contributed by atoms with Crippen molar-refractivity contribution < 1.29 is 18.3 Å². The monoisotopic (exact) mass is 226 g/mol. The van der Waals surface area contributed by atoms with Gasteiger partial charge in [-0.25, -0.2) is 4.98 Å². The van der Waals surface area contributed by atoms with Crippen molar-refractivity contribution in [2.24, 2.45) is 5.73 Å². The second kappa shape index (κ2) is 3.48. The molecule has 7 heteroatoms. The molecule has 0 saturated carbocycles. The molecule has 0 radical (unpaired) electrons. The predicted octanol–water partition coefficient (Wildman–Crippen LogP) is 1.33. The average Bonchev–Trinajstić information content (AvgIpc) is 2.51. The summed E-state index contributed by atoms with van der Waals surface area (Å²) < 4.78 is 36.4. The molecule has 0 aliphatic heterocycles. The summed E-state index contributed by atoms with van der Waals surface area (Å²) in [6.45, 7) is 1.20. The molecule has 1 unspecified atom stereocenters. The molecule has 14 heavy (non-hydrogen) atoms. The Bertz CT molecular complexity index is 321. The number of alkyl halides is 3. The van der Waals surface area contributed by atoms with E-state index in [2.05, 4.69) is 4.98 Å². The number of hydrogen-bond donors (Lipinski definition) is 2. The van der Waals surface area contributed by atoms with E-state index in [1.54, 1.807) is 0 Å². The molecule has 0 aliphatic carbocycles. The molecular formula is C7H9F3N2OS. The zero-order valence-electron chi connectivity index (χ0n) is 7.30. The van der Waals surface area contributed by atoms with Crippen LogP contribution in [0.2, 0.25) is 0 Å². The van der Waals surface area contributed by atoms with Crippen LogP contribution in [-0.2, 0) is 11.8 Å². The summed E-state index contributed by atoms with van der Waals surface area (Å²) in [7, 11) is 0. The van der Waals surface area contributed by atoms with Crippen molar-refractivity contribution >= 4 is 11.3 Å². The maximum absolute atomic E-state index is 12.1. The molecule has 1 atom stereocenters. The van der Waals surface area contributed by atoms with E-state index in [4.69, 9.17) is 5.73 Å². The number of aromatic nitrogens is 1. The van der Waals surface area contributed by atoms with E-state index in [0.717, 1.165) is 6.20 Å². The van der Waals surface area contributed by atoms with Crippen LogP contribution in [0.15, 0.2) is 6.20 Å². The Labute approximate surface area is 82.4 Å². The summed E-state index contributed by atoms with van der Waals surface area (Å²) in [4.78, 5) is 3.30. The van der Waals surface area contributed by atoms with Gasteiger partial charge in [0.15, 0.2) is 5.01 Å². The molecule has 0 aromatic carbocycles. The van der Waals surface area contributed by atoms with Crippen LogP contribution < -0.4 is 5.73 Å². The highest BCUT2D eigenvalue weighted by Gasteiger charge is 2.36. The number of halogens is 3. The first-order valence-corrected chi connectivity index (χ1v) is 4.55. The fraction of sp³-hybridized carbons (Fsp3) is 0.571. The molecule has 1 rings (SSSR count). The molecule has 1 aromatic rings. The van der Waals surface area contributed by atoms with Crippen LogP contribution in [0, 0.1) is 0 Å². The van der Waals surface area contributed by atoms with Gasteiger partial charge in [0.05, 0.1) is 4.88 Å². The number of nitrogens with zero attached hydrogens (tertiary/aromatic N) is 1. The van der Waals surface area contributed by atoms with E-state index in [1.165, 1.54) is 6.92 Å². The Kier molecular flexibility index (Phi) is 2.84. The van der Waals surface area contributed by atoms with Crippen LogP contribution in [0.1, 0.15) is 16.8 Å². The smallest absolute Gasteiger partial charge is 0.383 e. The van der Waals surface area contributed by atoms with Gasteiger partial charge in [0.2, 0.25) is 0 Å². The number of aliphatic hydroxyl groups is 1. The molecular weight excluding hydrogens is 217 g/mol. The van der Waals surface area contributed by atoms with Crippen LogP contribution >= 0.6 is 11.3 Å². The lowest BCUT2D eigenvalue weighted by Gasteiger charge is -2.17. The average molecular weight is 226 g/mol. The SMILES string of the molecule is CC(O)(CN)c1cnc(C(F)(F)F)s1. The van der Waals surface area contributed by atoms with Gasteiger partial charge in [0.1, 0.15) is 5.60 Å². The van der Waals surface area contributed by atoms with Gasteiger partial charge in [-0.2, -0.15) is 13.2 Å². The van der Waals surface area contributed by atoms with Crippen molar-refractivity contribution in [2.75, 3.05) is 6.54 Å². The normalized spacial score (nSPS) is 16.7. The van der Waals surface area contributed by atoms with Crippen LogP contribution in [0.3, 0.4) is 0 Å². The molecule has 80 valence electrons. The summed E-state index contributed by atoms with van der Waals surface area (Å²) in [5, 5.41) is 8.58. The maximum atomic E-state index is 12.1. The summed E-state index contributed by atoms with van der Waals surface area (Å²) in [6.07, 6.45) is -3.46. The Hall–Kier alpha value is -0.660. The lowest BCUT2D eigenvalue weighted by molar-refractivity contribution is -0.137. The number of thiazole rings is 1.